The van der Waals surface area contributed by atoms with Gasteiger partial charge in [0.05, 0.1) is 23.8 Å². The molecule has 0 aromatic heterocycles. The van der Waals surface area contributed by atoms with Crippen molar-refractivity contribution < 1.29 is 14.3 Å². The van der Waals surface area contributed by atoms with Gasteiger partial charge in [0.2, 0.25) is 5.91 Å². The molecule has 6 nitrogen and oxygen atoms in total. The maximum absolute atomic E-state index is 13.6. The molecule has 6 heteroatoms. The van der Waals surface area contributed by atoms with Crippen molar-refractivity contribution in [2.24, 2.45) is 23.2 Å². The Morgan fingerprint density at radius 1 is 0.857 bits per heavy atom. The van der Waals surface area contributed by atoms with Crippen LogP contribution in [0.4, 0.5) is 11.4 Å². The number of benzene rings is 2. The van der Waals surface area contributed by atoms with Crippen molar-refractivity contribution in [2.75, 3.05) is 43.5 Å². The molecule has 1 N–H and O–H groups in total. The molecular weight excluding hydrogens is 438 g/mol. The number of carbonyl (C=O) groups excluding carboxylic acids is 2. The number of hydrogen-bond donors (Lipinski definition) is 1. The van der Waals surface area contributed by atoms with Gasteiger partial charge in [-0.05, 0) is 92.7 Å². The van der Waals surface area contributed by atoms with E-state index in [1.807, 2.05) is 41.3 Å². The van der Waals surface area contributed by atoms with E-state index in [4.69, 9.17) is 4.74 Å². The maximum Gasteiger partial charge on any atom is 0.256 e. The Labute approximate surface area is 207 Å². The maximum atomic E-state index is 13.6. The molecular formula is C29H35N3O3. The Morgan fingerprint density at radius 2 is 1.46 bits per heavy atom. The Hall–Kier alpha value is -3.02. The summed E-state index contributed by atoms with van der Waals surface area (Å²) in [5.74, 6) is 3.12. The zero-order valence-corrected chi connectivity index (χ0v) is 20.5. The average Bonchev–Trinajstić information content (AvgIpc) is 2.88. The molecule has 0 radical (unpaired) electrons. The highest BCUT2D eigenvalue weighted by molar-refractivity contribution is 6.05. The summed E-state index contributed by atoms with van der Waals surface area (Å²) < 4.78 is 5.26. The highest BCUT2D eigenvalue weighted by Gasteiger charge is 2.54. The van der Waals surface area contributed by atoms with Gasteiger partial charge in [-0.25, -0.2) is 0 Å². The van der Waals surface area contributed by atoms with Crippen molar-refractivity contribution in [3.63, 3.8) is 0 Å². The largest absolute Gasteiger partial charge is 0.497 e. The molecule has 1 saturated heterocycles. The first-order chi connectivity index (χ1) is 17.0. The molecule has 5 aliphatic rings. The van der Waals surface area contributed by atoms with Crippen LogP contribution in [-0.2, 0) is 4.79 Å². The van der Waals surface area contributed by atoms with Crippen LogP contribution in [0.2, 0.25) is 0 Å². The summed E-state index contributed by atoms with van der Waals surface area (Å²) in [5.41, 5.74) is 2.18. The van der Waals surface area contributed by atoms with Gasteiger partial charge in [-0.15, -0.1) is 0 Å². The standard InChI is InChI=1S/C29H35N3O3/c1-35-24-8-6-23(7-9-24)31-10-12-32(13-11-31)27(33)25-4-2-3-5-26(25)30-28(34)29-17-20-14-21(18-29)16-22(15-20)19-29/h2-9,20-22H,10-19H2,1H3,(H,30,34). The number of para-hydroxylation sites is 1. The van der Waals surface area contributed by atoms with E-state index in [1.54, 1.807) is 7.11 Å². The number of amides is 2. The molecule has 35 heavy (non-hydrogen) atoms. The number of piperazine rings is 1. The summed E-state index contributed by atoms with van der Waals surface area (Å²) in [4.78, 5) is 31.3. The molecule has 2 amide bonds. The van der Waals surface area contributed by atoms with Crippen molar-refractivity contribution in [2.45, 2.75) is 38.5 Å². The molecule has 2 aromatic rings. The van der Waals surface area contributed by atoms with Crippen molar-refractivity contribution >= 4 is 23.2 Å². The average molecular weight is 474 g/mol. The molecule has 7 rings (SSSR count). The quantitative estimate of drug-likeness (QED) is 0.677. The van der Waals surface area contributed by atoms with E-state index >= 15 is 0 Å². The van der Waals surface area contributed by atoms with Gasteiger partial charge in [0.25, 0.3) is 5.91 Å². The van der Waals surface area contributed by atoms with E-state index in [2.05, 4.69) is 22.3 Å². The van der Waals surface area contributed by atoms with Crippen LogP contribution in [-0.4, -0.2) is 50.0 Å². The summed E-state index contributed by atoms with van der Waals surface area (Å²) in [6.45, 7) is 2.87. The summed E-state index contributed by atoms with van der Waals surface area (Å²) in [5, 5.41) is 3.22. The predicted octanol–water partition coefficient (Wildman–Crippen LogP) is 4.81. The Kier molecular flexibility index (Phi) is 5.70. The van der Waals surface area contributed by atoms with Gasteiger partial charge < -0.3 is 19.9 Å². The van der Waals surface area contributed by atoms with E-state index < -0.39 is 0 Å². The zero-order valence-electron chi connectivity index (χ0n) is 20.5. The van der Waals surface area contributed by atoms with Gasteiger partial charge in [-0.2, -0.15) is 0 Å². The molecule has 5 fully saturated rings. The summed E-state index contributed by atoms with van der Waals surface area (Å²) in [7, 11) is 1.67. The van der Waals surface area contributed by atoms with E-state index in [1.165, 1.54) is 19.3 Å². The third-order valence-corrected chi connectivity index (χ3v) is 8.93. The third-order valence-electron chi connectivity index (χ3n) is 8.93. The molecule has 4 aliphatic carbocycles. The number of nitrogens with one attached hydrogen (secondary N) is 1. The second-order valence-corrected chi connectivity index (χ2v) is 11.2. The number of nitrogens with zero attached hydrogens (tertiary/aromatic N) is 2. The molecule has 4 saturated carbocycles. The molecule has 2 aromatic carbocycles. The Bertz CT molecular complexity index is 1070. The Morgan fingerprint density at radius 3 is 2.06 bits per heavy atom. The van der Waals surface area contributed by atoms with Crippen molar-refractivity contribution in [3.05, 3.63) is 54.1 Å². The van der Waals surface area contributed by atoms with Crippen molar-refractivity contribution in [1.29, 1.82) is 0 Å². The van der Waals surface area contributed by atoms with Crippen LogP contribution < -0.4 is 15.0 Å². The van der Waals surface area contributed by atoms with Gasteiger partial charge in [0, 0.05) is 31.9 Å². The lowest BCUT2D eigenvalue weighted by molar-refractivity contribution is -0.140. The lowest BCUT2D eigenvalue weighted by Gasteiger charge is -2.55. The molecule has 1 heterocycles. The fraction of sp³-hybridized carbons (Fsp3) is 0.517. The van der Waals surface area contributed by atoms with Crippen LogP contribution in [0.15, 0.2) is 48.5 Å². The smallest absolute Gasteiger partial charge is 0.256 e. The number of carbonyl (C=O) groups is 2. The zero-order chi connectivity index (χ0) is 24.0. The van der Waals surface area contributed by atoms with Crippen LogP contribution in [0, 0.1) is 23.2 Å². The number of hydrogen-bond acceptors (Lipinski definition) is 4. The van der Waals surface area contributed by atoms with E-state index in [0.717, 1.165) is 43.8 Å². The minimum atomic E-state index is -0.227. The minimum Gasteiger partial charge on any atom is -0.497 e. The number of ether oxygens (including phenoxy) is 1. The minimum absolute atomic E-state index is 0.000734. The molecule has 0 unspecified atom stereocenters. The lowest BCUT2D eigenvalue weighted by Crippen LogP contribution is -2.52. The van der Waals surface area contributed by atoms with Gasteiger partial charge in [0.1, 0.15) is 5.75 Å². The summed E-state index contributed by atoms with van der Waals surface area (Å²) >= 11 is 0. The van der Waals surface area contributed by atoms with E-state index in [-0.39, 0.29) is 17.2 Å². The first-order valence-electron chi connectivity index (χ1n) is 13.1. The fourth-order valence-electron chi connectivity index (χ4n) is 7.55. The molecule has 0 spiro atoms. The van der Waals surface area contributed by atoms with Crippen LogP contribution in [0.5, 0.6) is 5.75 Å². The summed E-state index contributed by atoms with van der Waals surface area (Å²) in [6.07, 6.45) is 7.00. The van der Waals surface area contributed by atoms with Crippen molar-refractivity contribution in [3.8, 4) is 5.75 Å². The van der Waals surface area contributed by atoms with Crippen LogP contribution in [0.25, 0.3) is 0 Å². The van der Waals surface area contributed by atoms with Crippen LogP contribution >= 0.6 is 0 Å². The normalized spacial score (nSPS) is 29.2. The molecule has 1 aliphatic heterocycles. The molecule has 4 bridgehead atoms. The first kappa shape index (κ1) is 22.4. The highest BCUT2D eigenvalue weighted by atomic mass is 16.5. The van der Waals surface area contributed by atoms with Gasteiger partial charge in [-0.1, -0.05) is 12.1 Å². The highest BCUT2D eigenvalue weighted by Crippen LogP contribution is 2.60. The number of methoxy groups -OCH3 is 1. The monoisotopic (exact) mass is 473 g/mol. The summed E-state index contributed by atoms with van der Waals surface area (Å²) in [6, 6.07) is 15.6. The van der Waals surface area contributed by atoms with Crippen LogP contribution in [0.1, 0.15) is 48.9 Å². The van der Waals surface area contributed by atoms with E-state index in [9.17, 15) is 9.59 Å². The number of anilines is 2. The van der Waals surface area contributed by atoms with Gasteiger partial charge in [-0.3, -0.25) is 9.59 Å². The Balaban J connectivity index is 1.13. The SMILES string of the molecule is COc1ccc(N2CCN(C(=O)c3ccccc3NC(=O)C34CC5CC(CC(C5)C3)C4)CC2)cc1. The first-order valence-corrected chi connectivity index (χ1v) is 13.1. The lowest BCUT2D eigenvalue weighted by atomic mass is 9.49. The van der Waals surface area contributed by atoms with Crippen LogP contribution in [0.3, 0.4) is 0 Å². The second-order valence-electron chi connectivity index (χ2n) is 11.2. The molecule has 184 valence electrons. The predicted molar refractivity (Wildman–Crippen MR) is 137 cm³/mol. The van der Waals surface area contributed by atoms with Gasteiger partial charge in [0.15, 0.2) is 0 Å². The fourth-order valence-corrected chi connectivity index (χ4v) is 7.55. The topological polar surface area (TPSA) is 61.9 Å². The van der Waals surface area contributed by atoms with E-state index in [0.29, 0.717) is 42.1 Å². The second kappa shape index (κ2) is 8.89. The van der Waals surface area contributed by atoms with Gasteiger partial charge >= 0.3 is 0 Å². The molecule has 0 atom stereocenters. The number of rotatable bonds is 5. The third kappa shape index (κ3) is 4.17. The van der Waals surface area contributed by atoms with Crippen molar-refractivity contribution in [1.82, 2.24) is 4.90 Å².